The molecule has 0 saturated carbocycles. The second-order valence-corrected chi connectivity index (χ2v) is 8.51. The molecule has 0 aromatic heterocycles. The average Bonchev–Trinajstić information content (AvgIpc) is 2.91. The van der Waals surface area contributed by atoms with Gasteiger partial charge in [0.25, 0.3) is 0 Å². The molecule has 188 valence electrons. The first-order chi connectivity index (χ1) is 17.5. The number of ether oxygens (including phenoxy) is 3. The van der Waals surface area contributed by atoms with E-state index in [1.165, 1.54) is 0 Å². The first kappa shape index (κ1) is 24.9. The zero-order chi connectivity index (χ0) is 25.5. The van der Waals surface area contributed by atoms with Crippen molar-refractivity contribution in [2.75, 3.05) is 44.6 Å². The van der Waals surface area contributed by atoms with Crippen LogP contribution in [-0.2, 0) is 17.8 Å². The third-order valence-corrected chi connectivity index (χ3v) is 6.14. The Bertz CT molecular complexity index is 1190. The lowest BCUT2D eigenvalue weighted by Gasteiger charge is -2.36. The van der Waals surface area contributed by atoms with Gasteiger partial charge in [0, 0.05) is 25.7 Å². The van der Waals surface area contributed by atoms with Crippen LogP contribution in [0, 0.1) is 0 Å². The van der Waals surface area contributed by atoms with Crippen molar-refractivity contribution < 1.29 is 23.8 Å². The minimum Gasteiger partial charge on any atom is -0.497 e. The van der Waals surface area contributed by atoms with E-state index in [1.54, 1.807) is 38.4 Å². The van der Waals surface area contributed by atoms with Gasteiger partial charge in [0.15, 0.2) is 0 Å². The van der Waals surface area contributed by atoms with Crippen molar-refractivity contribution in [3.8, 4) is 17.2 Å². The molecule has 3 aromatic carbocycles. The topological polar surface area (TPSA) is 80.3 Å². The Balaban J connectivity index is 1.51. The summed E-state index contributed by atoms with van der Waals surface area (Å²) in [7, 11) is 4.80. The SMILES string of the molecule is COc1ccc(CC(=O)Nc2cc(OC)ccc2N2CCCN(Cc3ccc(OC)cc3)C2=O)cc1. The van der Waals surface area contributed by atoms with Crippen LogP contribution < -0.4 is 24.4 Å². The number of nitrogens with zero attached hydrogens (tertiary/aromatic N) is 2. The third kappa shape index (κ3) is 5.89. The van der Waals surface area contributed by atoms with Crippen LogP contribution in [0.15, 0.2) is 66.7 Å². The summed E-state index contributed by atoms with van der Waals surface area (Å²) in [6.07, 6.45) is 1.01. The highest BCUT2D eigenvalue weighted by Gasteiger charge is 2.29. The molecule has 0 unspecified atom stereocenters. The zero-order valence-corrected chi connectivity index (χ0v) is 20.8. The largest absolute Gasteiger partial charge is 0.497 e. The average molecular weight is 490 g/mol. The van der Waals surface area contributed by atoms with Crippen LogP contribution in [0.2, 0.25) is 0 Å². The van der Waals surface area contributed by atoms with Crippen molar-refractivity contribution in [3.05, 3.63) is 77.9 Å². The van der Waals surface area contributed by atoms with E-state index in [0.717, 1.165) is 29.0 Å². The molecular formula is C28H31N3O5. The number of anilines is 2. The second kappa shape index (κ2) is 11.5. The summed E-state index contributed by atoms with van der Waals surface area (Å²) >= 11 is 0. The number of rotatable bonds is 9. The summed E-state index contributed by atoms with van der Waals surface area (Å²) in [6.45, 7) is 1.72. The van der Waals surface area contributed by atoms with Gasteiger partial charge in [-0.25, -0.2) is 4.79 Å². The number of urea groups is 1. The van der Waals surface area contributed by atoms with E-state index in [2.05, 4.69) is 5.32 Å². The lowest BCUT2D eigenvalue weighted by Crippen LogP contribution is -2.49. The Morgan fingerprint density at radius 1 is 0.806 bits per heavy atom. The molecule has 1 saturated heterocycles. The molecule has 1 N–H and O–H groups in total. The minimum atomic E-state index is -0.186. The fourth-order valence-electron chi connectivity index (χ4n) is 4.20. The van der Waals surface area contributed by atoms with E-state index < -0.39 is 0 Å². The number of hydrogen-bond donors (Lipinski definition) is 1. The van der Waals surface area contributed by atoms with Crippen molar-refractivity contribution >= 4 is 23.3 Å². The maximum absolute atomic E-state index is 13.5. The fraction of sp³-hybridized carbons (Fsp3) is 0.286. The molecule has 3 aromatic rings. The first-order valence-electron chi connectivity index (χ1n) is 11.8. The molecule has 0 spiro atoms. The van der Waals surface area contributed by atoms with Gasteiger partial charge >= 0.3 is 6.03 Å². The molecule has 36 heavy (non-hydrogen) atoms. The highest BCUT2D eigenvalue weighted by Crippen LogP contribution is 2.33. The Kier molecular flexibility index (Phi) is 7.95. The van der Waals surface area contributed by atoms with Crippen LogP contribution >= 0.6 is 0 Å². The molecule has 8 nitrogen and oxygen atoms in total. The lowest BCUT2D eigenvalue weighted by molar-refractivity contribution is -0.115. The lowest BCUT2D eigenvalue weighted by atomic mass is 10.1. The fourth-order valence-corrected chi connectivity index (χ4v) is 4.20. The first-order valence-corrected chi connectivity index (χ1v) is 11.8. The number of benzene rings is 3. The van der Waals surface area contributed by atoms with Gasteiger partial charge in [0.1, 0.15) is 17.2 Å². The number of hydrogen-bond acceptors (Lipinski definition) is 5. The molecule has 1 aliphatic rings. The highest BCUT2D eigenvalue weighted by molar-refractivity contribution is 6.01. The summed E-state index contributed by atoms with van der Waals surface area (Å²) < 4.78 is 15.8. The smallest absolute Gasteiger partial charge is 0.324 e. The third-order valence-electron chi connectivity index (χ3n) is 6.14. The normalized spacial score (nSPS) is 13.4. The van der Waals surface area contributed by atoms with Gasteiger partial charge in [0.2, 0.25) is 5.91 Å². The van der Waals surface area contributed by atoms with Crippen LogP contribution in [-0.4, -0.2) is 51.3 Å². The molecule has 0 bridgehead atoms. The maximum atomic E-state index is 13.5. The predicted molar refractivity (Wildman–Crippen MR) is 139 cm³/mol. The molecule has 0 aliphatic carbocycles. The molecule has 1 heterocycles. The van der Waals surface area contributed by atoms with E-state index >= 15 is 0 Å². The van der Waals surface area contributed by atoms with Crippen molar-refractivity contribution in [2.24, 2.45) is 0 Å². The van der Waals surface area contributed by atoms with Crippen molar-refractivity contribution in [3.63, 3.8) is 0 Å². The van der Waals surface area contributed by atoms with Gasteiger partial charge < -0.3 is 24.4 Å². The summed E-state index contributed by atoms with van der Waals surface area (Å²) in [5.74, 6) is 1.92. The van der Waals surface area contributed by atoms with E-state index in [9.17, 15) is 9.59 Å². The van der Waals surface area contributed by atoms with Crippen molar-refractivity contribution in [2.45, 2.75) is 19.4 Å². The molecule has 4 rings (SSSR count). The van der Waals surface area contributed by atoms with Crippen LogP contribution in [0.3, 0.4) is 0 Å². The van der Waals surface area contributed by atoms with E-state index in [0.29, 0.717) is 36.8 Å². The molecule has 1 fully saturated rings. The number of carbonyl (C=O) groups excluding carboxylic acids is 2. The zero-order valence-electron chi connectivity index (χ0n) is 20.8. The van der Waals surface area contributed by atoms with Crippen LogP contribution in [0.25, 0.3) is 0 Å². The number of methoxy groups -OCH3 is 3. The van der Waals surface area contributed by atoms with Gasteiger partial charge in [-0.3, -0.25) is 9.69 Å². The summed E-state index contributed by atoms with van der Waals surface area (Å²) in [6, 6.07) is 20.3. The molecular weight excluding hydrogens is 458 g/mol. The van der Waals surface area contributed by atoms with Crippen LogP contribution in [0.5, 0.6) is 17.2 Å². The highest BCUT2D eigenvalue weighted by atomic mass is 16.5. The summed E-state index contributed by atoms with van der Waals surface area (Å²) in [5.41, 5.74) is 3.06. The Morgan fingerprint density at radius 2 is 1.39 bits per heavy atom. The maximum Gasteiger partial charge on any atom is 0.324 e. The Hall–Kier alpha value is -4.20. The van der Waals surface area contributed by atoms with Crippen LogP contribution in [0.1, 0.15) is 17.5 Å². The number of nitrogens with one attached hydrogen (secondary N) is 1. The minimum absolute atomic E-state index is 0.104. The van der Waals surface area contributed by atoms with Gasteiger partial charge in [0.05, 0.1) is 39.1 Å². The molecule has 1 aliphatic heterocycles. The van der Waals surface area contributed by atoms with Gasteiger partial charge in [-0.1, -0.05) is 24.3 Å². The van der Waals surface area contributed by atoms with Gasteiger partial charge in [-0.15, -0.1) is 0 Å². The van der Waals surface area contributed by atoms with Crippen molar-refractivity contribution in [1.29, 1.82) is 0 Å². The Labute approximate surface area is 211 Å². The van der Waals surface area contributed by atoms with Gasteiger partial charge in [-0.05, 0) is 53.9 Å². The van der Waals surface area contributed by atoms with E-state index in [-0.39, 0.29) is 18.4 Å². The molecule has 8 heteroatoms. The predicted octanol–water partition coefficient (Wildman–Crippen LogP) is 4.73. The standard InChI is InChI=1S/C28H31N3O5/c1-34-22-9-5-20(6-10-22)17-27(32)29-25-18-24(36-3)13-14-26(25)31-16-4-15-30(28(31)33)19-21-7-11-23(35-2)12-8-21/h5-14,18H,4,15-17,19H2,1-3H3,(H,29,32). The van der Waals surface area contributed by atoms with E-state index in [1.807, 2.05) is 59.5 Å². The second-order valence-electron chi connectivity index (χ2n) is 8.51. The van der Waals surface area contributed by atoms with Crippen molar-refractivity contribution in [1.82, 2.24) is 4.90 Å². The summed E-state index contributed by atoms with van der Waals surface area (Å²) in [4.78, 5) is 29.9. The van der Waals surface area contributed by atoms with E-state index in [4.69, 9.17) is 14.2 Å². The quantitative estimate of drug-likeness (QED) is 0.470. The Morgan fingerprint density at radius 3 is 2.00 bits per heavy atom. The molecule has 0 atom stereocenters. The molecule has 0 radical (unpaired) electrons. The van der Waals surface area contributed by atoms with Crippen LogP contribution in [0.4, 0.5) is 16.2 Å². The van der Waals surface area contributed by atoms with Gasteiger partial charge in [-0.2, -0.15) is 0 Å². The number of amides is 3. The summed E-state index contributed by atoms with van der Waals surface area (Å²) in [5, 5.41) is 2.98. The monoisotopic (exact) mass is 489 g/mol. The molecule has 3 amide bonds. The number of carbonyl (C=O) groups is 2.